The highest BCUT2D eigenvalue weighted by Gasteiger charge is 2.51. The number of nitrogens with zero attached hydrogens (tertiary/aromatic N) is 3. The monoisotopic (exact) mass is 661 g/mol. The van der Waals surface area contributed by atoms with Gasteiger partial charge in [0.25, 0.3) is 5.92 Å². The summed E-state index contributed by atoms with van der Waals surface area (Å²) in [7, 11) is 7.41. The van der Waals surface area contributed by atoms with E-state index in [0.717, 1.165) is 6.42 Å². The number of methoxy groups -OCH3 is 1. The molecule has 0 spiro atoms. The topological polar surface area (TPSA) is 101 Å². The third-order valence-electron chi connectivity index (χ3n) is 10.6. The molecule has 0 radical (unpaired) electrons. The number of aliphatic hydroxyl groups is 1. The maximum absolute atomic E-state index is 14.2. The van der Waals surface area contributed by atoms with E-state index in [1.165, 1.54) is 0 Å². The Kier molecular flexibility index (Phi) is 13.6. The van der Waals surface area contributed by atoms with Crippen LogP contribution in [0.25, 0.3) is 0 Å². The molecule has 0 bridgehead atoms. The van der Waals surface area contributed by atoms with Crippen LogP contribution in [0.15, 0.2) is 0 Å². The number of rotatable bonds is 8. The Morgan fingerprint density at radius 3 is 2.30 bits per heavy atom. The van der Waals surface area contributed by atoms with Crippen molar-refractivity contribution < 1.29 is 42.4 Å². The molecule has 9 atom stereocenters. The molecule has 10 nitrogen and oxygen atoms in total. The second-order valence-electron chi connectivity index (χ2n) is 15.3. The fourth-order valence-electron chi connectivity index (χ4n) is 7.55. The van der Waals surface area contributed by atoms with Gasteiger partial charge < -0.3 is 33.9 Å². The number of halogens is 2. The standard InChI is InChI=1S/C34H61F2N3O7/c1-22-19-33(6,43-10)29(46-30-27(40)26(37(7)8)18-23(2)45-30)24(3)28(41)32(4,5)31(42)44-21-25(38(9)20-22)12-11-15-39-16-13-34(35,36)14-17-39/h22-27,29-30,40H,11-21H2,1-10H3/t22-,23-,24+,25+,26+,27-,29-,30+,33-/m1/s1. The molecule has 3 saturated heterocycles. The predicted molar refractivity (Wildman–Crippen MR) is 172 cm³/mol. The van der Waals surface area contributed by atoms with Gasteiger partial charge in [0.2, 0.25) is 0 Å². The summed E-state index contributed by atoms with van der Waals surface area (Å²) >= 11 is 0. The highest BCUT2D eigenvalue weighted by Crippen LogP contribution is 2.38. The number of piperidine rings is 1. The Balaban J connectivity index is 1.85. The fourth-order valence-corrected chi connectivity index (χ4v) is 7.55. The molecule has 3 heterocycles. The molecule has 12 heteroatoms. The van der Waals surface area contributed by atoms with Crippen LogP contribution in [0.1, 0.15) is 80.1 Å². The first-order chi connectivity index (χ1) is 21.3. The van der Waals surface area contributed by atoms with Crippen molar-refractivity contribution in [2.75, 3.05) is 61.0 Å². The Labute approximate surface area is 275 Å². The summed E-state index contributed by atoms with van der Waals surface area (Å²) in [5.74, 6) is -4.23. The lowest BCUT2D eigenvalue weighted by Crippen LogP contribution is -2.59. The number of likely N-dealkylation sites (N-methyl/N-ethyl adjacent to an activating group) is 2. The van der Waals surface area contributed by atoms with Crippen molar-refractivity contribution in [3.05, 3.63) is 0 Å². The summed E-state index contributed by atoms with van der Waals surface area (Å²) in [5.41, 5.74) is -2.43. The molecule has 3 fully saturated rings. The van der Waals surface area contributed by atoms with Gasteiger partial charge in [-0.3, -0.25) is 14.5 Å². The lowest BCUT2D eigenvalue weighted by molar-refractivity contribution is -0.295. The van der Waals surface area contributed by atoms with E-state index in [1.54, 1.807) is 27.9 Å². The number of carbonyl (C=O) groups is 2. The van der Waals surface area contributed by atoms with Crippen molar-refractivity contribution in [1.82, 2.24) is 14.7 Å². The van der Waals surface area contributed by atoms with E-state index in [2.05, 4.69) is 16.7 Å². The Hall–Kier alpha value is -1.28. The Bertz CT molecular complexity index is 1010. The Morgan fingerprint density at radius 1 is 1.09 bits per heavy atom. The van der Waals surface area contributed by atoms with Gasteiger partial charge in [-0.25, -0.2) is 8.78 Å². The number of Topliss-reactive ketones (excluding diaryl/α,β-unsaturated/α-hetero) is 1. The van der Waals surface area contributed by atoms with E-state index in [9.17, 15) is 23.5 Å². The number of ketones is 1. The molecule has 0 unspecified atom stereocenters. The molecule has 0 amide bonds. The van der Waals surface area contributed by atoms with Crippen molar-refractivity contribution in [3.8, 4) is 0 Å². The van der Waals surface area contributed by atoms with E-state index in [0.29, 0.717) is 45.4 Å². The van der Waals surface area contributed by atoms with Gasteiger partial charge in [0.15, 0.2) is 12.1 Å². The van der Waals surface area contributed by atoms with Crippen molar-refractivity contribution >= 4 is 11.8 Å². The van der Waals surface area contributed by atoms with Crippen LogP contribution in [-0.2, 0) is 28.5 Å². The number of hydrogen-bond acceptors (Lipinski definition) is 10. The summed E-state index contributed by atoms with van der Waals surface area (Å²) in [5, 5.41) is 11.3. The van der Waals surface area contributed by atoms with Crippen LogP contribution in [0.3, 0.4) is 0 Å². The molecular formula is C34H61F2N3O7. The molecule has 0 aliphatic carbocycles. The number of esters is 1. The van der Waals surface area contributed by atoms with Crippen molar-refractivity contribution in [1.29, 1.82) is 0 Å². The average Bonchev–Trinajstić information content (AvgIpc) is 2.97. The lowest BCUT2D eigenvalue weighted by atomic mass is 9.74. The van der Waals surface area contributed by atoms with Gasteiger partial charge in [-0.1, -0.05) is 13.8 Å². The number of alkyl halides is 2. The average molecular weight is 662 g/mol. The summed E-state index contributed by atoms with van der Waals surface area (Å²) in [6.45, 7) is 13.1. The first kappa shape index (κ1) is 39.2. The van der Waals surface area contributed by atoms with Crippen LogP contribution < -0.4 is 0 Å². The van der Waals surface area contributed by atoms with Gasteiger partial charge in [-0.05, 0) is 87.0 Å². The van der Waals surface area contributed by atoms with Gasteiger partial charge >= 0.3 is 5.97 Å². The number of cyclic esters (lactones) is 1. The van der Waals surface area contributed by atoms with Crippen LogP contribution in [0.2, 0.25) is 0 Å². The molecule has 268 valence electrons. The lowest BCUT2D eigenvalue weighted by Gasteiger charge is -2.47. The molecular weight excluding hydrogens is 600 g/mol. The van der Waals surface area contributed by atoms with E-state index >= 15 is 0 Å². The van der Waals surface area contributed by atoms with Crippen molar-refractivity contribution in [2.45, 2.75) is 128 Å². The summed E-state index contributed by atoms with van der Waals surface area (Å²) in [6, 6.07) is -0.312. The second kappa shape index (κ2) is 16.0. The maximum atomic E-state index is 14.2. The zero-order valence-corrected chi connectivity index (χ0v) is 29.9. The van der Waals surface area contributed by atoms with Gasteiger partial charge in [0, 0.05) is 57.6 Å². The minimum absolute atomic E-state index is 0.0882. The third-order valence-corrected chi connectivity index (χ3v) is 10.6. The van der Waals surface area contributed by atoms with E-state index in [-0.39, 0.29) is 49.3 Å². The van der Waals surface area contributed by atoms with E-state index in [4.69, 9.17) is 18.9 Å². The molecule has 0 aromatic rings. The van der Waals surface area contributed by atoms with Gasteiger partial charge in [-0.15, -0.1) is 0 Å². The highest BCUT2D eigenvalue weighted by atomic mass is 19.3. The van der Waals surface area contributed by atoms with Crippen LogP contribution in [0.4, 0.5) is 8.78 Å². The van der Waals surface area contributed by atoms with Crippen molar-refractivity contribution in [3.63, 3.8) is 0 Å². The Morgan fingerprint density at radius 2 is 1.72 bits per heavy atom. The quantitative estimate of drug-likeness (QED) is 0.305. The third kappa shape index (κ3) is 9.66. The molecule has 3 aliphatic heterocycles. The first-order valence-electron chi connectivity index (χ1n) is 17.0. The number of hydrogen-bond donors (Lipinski definition) is 1. The summed E-state index contributed by atoms with van der Waals surface area (Å²) in [4.78, 5) is 33.9. The maximum Gasteiger partial charge on any atom is 0.319 e. The zero-order valence-electron chi connectivity index (χ0n) is 29.9. The number of aliphatic hydroxyl groups excluding tert-OH is 1. The van der Waals surface area contributed by atoms with E-state index in [1.807, 2.05) is 39.9 Å². The van der Waals surface area contributed by atoms with Crippen LogP contribution in [-0.4, -0.2) is 141 Å². The number of carbonyl (C=O) groups excluding carboxylic acids is 2. The minimum Gasteiger partial charge on any atom is -0.463 e. The van der Waals surface area contributed by atoms with Crippen LogP contribution >= 0.6 is 0 Å². The normalized spacial score (nSPS) is 38.9. The first-order valence-corrected chi connectivity index (χ1v) is 17.0. The fraction of sp³-hybridized carbons (Fsp3) is 0.941. The SMILES string of the molecule is CO[C@]1(C)C[C@@H](C)CN(C)[C@@H](CCCN2CCC(F)(F)CC2)COC(=O)C(C)(C)C(=O)[C@H](C)[C@H]1O[C@@H]1O[C@H](C)C[C@H](N(C)C)[C@H]1O. The summed E-state index contributed by atoms with van der Waals surface area (Å²) < 4.78 is 52.0. The predicted octanol–water partition coefficient (Wildman–Crippen LogP) is 3.83. The minimum atomic E-state index is -2.58. The molecule has 0 aromatic heterocycles. The zero-order chi connectivity index (χ0) is 34.6. The molecule has 3 aliphatic rings. The summed E-state index contributed by atoms with van der Waals surface area (Å²) in [6.07, 6.45) is -0.547. The van der Waals surface area contributed by atoms with Crippen LogP contribution in [0.5, 0.6) is 0 Å². The van der Waals surface area contributed by atoms with E-state index < -0.39 is 47.3 Å². The van der Waals surface area contributed by atoms with Gasteiger partial charge in [0.05, 0.1) is 17.8 Å². The molecule has 1 N–H and O–H groups in total. The van der Waals surface area contributed by atoms with Gasteiger partial charge in [0.1, 0.15) is 18.1 Å². The largest absolute Gasteiger partial charge is 0.463 e. The van der Waals surface area contributed by atoms with Crippen LogP contribution in [0, 0.1) is 17.3 Å². The molecule has 46 heavy (non-hydrogen) atoms. The highest BCUT2D eigenvalue weighted by molar-refractivity contribution is 6.04. The molecule has 0 aromatic carbocycles. The smallest absolute Gasteiger partial charge is 0.319 e. The number of likely N-dealkylation sites (tertiary alicyclic amines) is 1. The number of ether oxygens (including phenoxy) is 4. The molecule has 3 rings (SSSR count). The van der Waals surface area contributed by atoms with Crippen molar-refractivity contribution in [2.24, 2.45) is 17.3 Å². The second-order valence-corrected chi connectivity index (χ2v) is 15.3. The molecule has 0 saturated carbocycles. The van der Waals surface area contributed by atoms with Gasteiger partial charge in [-0.2, -0.15) is 0 Å².